The standard InChI is InChI=1S/C21H26FN/c1-16-11-17(2)13-20(12-16)15-23-9-7-19(8-10-23)14-18-3-5-21(22)6-4-18/h3-6,11-13,19H,7-10,14-15H2,1-2H3. The first kappa shape index (κ1) is 16.2. The van der Waals surface area contributed by atoms with Crippen molar-refractivity contribution in [3.63, 3.8) is 0 Å². The second-order valence-corrected chi connectivity index (χ2v) is 7.05. The second kappa shape index (κ2) is 7.27. The van der Waals surface area contributed by atoms with Crippen LogP contribution in [-0.2, 0) is 13.0 Å². The number of benzene rings is 2. The van der Waals surface area contributed by atoms with Gasteiger partial charge in [-0.15, -0.1) is 0 Å². The van der Waals surface area contributed by atoms with Crippen molar-refractivity contribution < 1.29 is 4.39 Å². The lowest BCUT2D eigenvalue weighted by atomic mass is 9.90. The van der Waals surface area contributed by atoms with Crippen LogP contribution < -0.4 is 0 Å². The lowest BCUT2D eigenvalue weighted by molar-refractivity contribution is 0.177. The zero-order valence-corrected chi connectivity index (χ0v) is 14.2. The summed E-state index contributed by atoms with van der Waals surface area (Å²) >= 11 is 0. The van der Waals surface area contributed by atoms with Crippen molar-refractivity contribution in [2.45, 2.75) is 39.7 Å². The van der Waals surface area contributed by atoms with Gasteiger partial charge in [-0.2, -0.15) is 0 Å². The van der Waals surface area contributed by atoms with Gasteiger partial charge < -0.3 is 0 Å². The predicted molar refractivity (Wildman–Crippen MR) is 94.0 cm³/mol. The average molecular weight is 311 g/mol. The van der Waals surface area contributed by atoms with Crippen LogP contribution in [0.5, 0.6) is 0 Å². The zero-order valence-electron chi connectivity index (χ0n) is 14.2. The van der Waals surface area contributed by atoms with E-state index in [1.165, 1.54) is 48.2 Å². The molecule has 0 radical (unpaired) electrons. The largest absolute Gasteiger partial charge is 0.299 e. The number of aryl methyl sites for hydroxylation is 2. The number of halogens is 1. The highest BCUT2D eigenvalue weighted by atomic mass is 19.1. The van der Waals surface area contributed by atoms with E-state index in [1.807, 2.05) is 12.1 Å². The summed E-state index contributed by atoms with van der Waals surface area (Å²) in [6, 6.07) is 13.8. The maximum absolute atomic E-state index is 13.0. The molecule has 1 saturated heterocycles. The van der Waals surface area contributed by atoms with Crippen LogP contribution in [0.3, 0.4) is 0 Å². The van der Waals surface area contributed by atoms with Crippen molar-refractivity contribution in [3.8, 4) is 0 Å². The monoisotopic (exact) mass is 311 g/mol. The molecule has 2 aromatic rings. The zero-order chi connectivity index (χ0) is 16.2. The fourth-order valence-corrected chi connectivity index (χ4v) is 3.72. The highest BCUT2D eigenvalue weighted by molar-refractivity contribution is 5.28. The molecule has 0 aromatic heterocycles. The van der Waals surface area contributed by atoms with Gasteiger partial charge in [0.1, 0.15) is 5.82 Å². The highest BCUT2D eigenvalue weighted by Crippen LogP contribution is 2.23. The molecule has 0 saturated carbocycles. The van der Waals surface area contributed by atoms with E-state index in [1.54, 1.807) is 12.1 Å². The first-order valence-electron chi connectivity index (χ1n) is 8.62. The number of hydrogen-bond donors (Lipinski definition) is 0. The molecule has 122 valence electrons. The summed E-state index contributed by atoms with van der Waals surface area (Å²) in [5.74, 6) is 0.591. The SMILES string of the molecule is Cc1cc(C)cc(CN2CCC(Cc3ccc(F)cc3)CC2)c1. The predicted octanol–water partition coefficient (Wildman–Crippen LogP) is 4.90. The molecule has 0 amide bonds. The summed E-state index contributed by atoms with van der Waals surface area (Å²) in [6.07, 6.45) is 3.56. The molecule has 0 bridgehead atoms. The molecule has 1 fully saturated rings. The third-order valence-corrected chi connectivity index (χ3v) is 4.83. The molecule has 0 N–H and O–H groups in total. The van der Waals surface area contributed by atoms with Crippen molar-refractivity contribution in [1.82, 2.24) is 4.90 Å². The summed E-state index contributed by atoms with van der Waals surface area (Å²) in [5, 5.41) is 0. The molecular weight excluding hydrogens is 285 g/mol. The maximum atomic E-state index is 13.0. The van der Waals surface area contributed by atoms with Gasteiger partial charge in [0.05, 0.1) is 0 Å². The lowest BCUT2D eigenvalue weighted by Crippen LogP contribution is -2.33. The molecule has 2 aromatic carbocycles. The molecular formula is C21H26FN. The topological polar surface area (TPSA) is 3.24 Å². The molecule has 1 aliphatic heterocycles. The Morgan fingerprint density at radius 1 is 0.913 bits per heavy atom. The average Bonchev–Trinajstić information content (AvgIpc) is 2.50. The molecule has 2 heteroatoms. The van der Waals surface area contributed by atoms with Crippen LogP contribution in [0, 0.1) is 25.6 Å². The van der Waals surface area contributed by atoms with Crippen molar-refractivity contribution in [3.05, 3.63) is 70.5 Å². The van der Waals surface area contributed by atoms with Crippen molar-refractivity contribution in [2.24, 2.45) is 5.92 Å². The smallest absolute Gasteiger partial charge is 0.123 e. The van der Waals surface area contributed by atoms with E-state index in [-0.39, 0.29) is 5.82 Å². The highest BCUT2D eigenvalue weighted by Gasteiger charge is 2.19. The molecule has 0 atom stereocenters. The molecule has 1 aliphatic rings. The van der Waals surface area contributed by atoms with Gasteiger partial charge in [0.2, 0.25) is 0 Å². The summed E-state index contributed by atoms with van der Waals surface area (Å²) in [5.41, 5.74) is 5.40. The minimum absolute atomic E-state index is 0.142. The number of rotatable bonds is 4. The number of likely N-dealkylation sites (tertiary alicyclic amines) is 1. The Morgan fingerprint density at radius 2 is 1.52 bits per heavy atom. The van der Waals surface area contributed by atoms with Crippen molar-refractivity contribution in [1.29, 1.82) is 0 Å². The number of piperidine rings is 1. The van der Waals surface area contributed by atoms with E-state index < -0.39 is 0 Å². The Hall–Kier alpha value is -1.67. The molecule has 3 rings (SSSR count). The van der Waals surface area contributed by atoms with Gasteiger partial charge >= 0.3 is 0 Å². The van der Waals surface area contributed by atoms with E-state index in [0.717, 1.165) is 18.9 Å². The summed E-state index contributed by atoms with van der Waals surface area (Å²) < 4.78 is 13.0. The summed E-state index contributed by atoms with van der Waals surface area (Å²) in [4.78, 5) is 2.56. The summed E-state index contributed by atoms with van der Waals surface area (Å²) in [7, 11) is 0. The fraction of sp³-hybridized carbons (Fsp3) is 0.429. The first-order chi connectivity index (χ1) is 11.1. The van der Waals surface area contributed by atoms with Crippen molar-refractivity contribution in [2.75, 3.05) is 13.1 Å². The summed E-state index contributed by atoms with van der Waals surface area (Å²) in [6.45, 7) is 7.74. The van der Waals surface area contributed by atoms with Crippen LogP contribution in [0.25, 0.3) is 0 Å². The Kier molecular flexibility index (Phi) is 5.12. The Balaban J connectivity index is 1.51. The minimum atomic E-state index is -0.142. The van der Waals surface area contributed by atoms with Crippen LogP contribution in [0.2, 0.25) is 0 Å². The van der Waals surface area contributed by atoms with E-state index in [9.17, 15) is 4.39 Å². The first-order valence-corrected chi connectivity index (χ1v) is 8.62. The molecule has 23 heavy (non-hydrogen) atoms. The van der Waals surface area contributed by atoms with Gasteiger partial charge in [0, 0.05) is 6.54 Å². The van der Waals surface area contributed by atoms with Crippen LogP contribution >= 0.6 is 0 Å². The molecule has 1 nitrogen and oxygen atoms in total. The van der Waals surface area contributed by atoms with Gasteiger partial charge in [0.15, 0.2) is 0 Å². The third-order valence-electron chi connectivity index (χ3n) is 4.83. The molecule has 1 heterocycles. The minimum Gasteiger partial charge on any atom is -0.299 e. The van der Waals surface area contributed by atoms with E-state index in [2.05, 4.69) is 36.9 Å². The second-order valence-electron chi connectivity index (χ2n) is 7.05. The molecule has 0 aliphatic carbocycles. The van der Waals surface area contributed by atoms with Gasteiger partial charge in [-0.3, -0.25) is 4.90 Å². The quantitative estimate of drug-likeness (QED) is 0.776. The Bertz CT molecular complexity index is 619. The lowest BCUT2D eigenvalue weighted by Gasteiger charge is -2.32. The van der Waals surface area contributed by atoms with E-state index >= 15 is 0 Å². The van der Waals surface area contributed by atoms with Crippen LogP contribution in [0.4, 0.5) is 4.39 Å². The van der Waals surface area contributed by atoms with Gasteiger partial charge in [-0.1, -0.05) is 41.5 Å². The molecule has 0 unspecified atom stereocenters. The van der Waals surface area contributed by atoms with Gasteiger partial charge in [-0.25, -0.2) is 4.39 Å². The van der Waals surface area contributed by atoms with Crippen LogP contribution in [0.15, 0.2) is 42.5 Å². The number of nitrogens with zero attached hydrogens (tertiary/aromatic N) is 1. The van der Waals surface area contributed by atoms with Gasteiger partial charge in [0.25, 0.3) is 0 Å². The van der Waals surface area contributed by atoms with Crippen LogP contribution in [-0.4, -0.2) is 18.0 Å². The maximum Gasteiger partial charge on any atom is 0.123 e. The van der Waals surface area contributed by atoms with Crippen LogP contribution in [0.1, 0.15) is 35.1 Å². The number of hydrogen-bond acceptors (Lipinski definition) is 1. The normalized spacial score (nSPS) is 16.7. The third kappa shape index (κ3) is 4.65. The Morgan fingerprint density at radius 3 is 2.13 bits per heavy atom. The van der Waals surface area contributed by atoms with E-state index in [0.29, 0.717) is 0 Å². The fourth-order valence-electron chi connectivity index (χ4n) is 3.72. The van der Waals surface area contributed by atoms with Crippen molar-refractivity contribution >= 4 is 0 Å². The molecule has 0 spiro atoms. The van der Waals surface area contributed by atoms with Gasteiger partial charge in [-0.05, 0) is 75.4 Å². The van der Waals surface area contributed by atoms with E-state index in [4.69, 9.17) is 0 Å². The Labute approximate surface area is 139 Å².